The molecule has 0 aliphatic heterocycles. The van der Waals surface area contributed by atoms with Gasteiger partial charge in [0.1, 0.15) is 18.2 Å². The normalized spacial score (nSPS) is 13.3. The molecule has 1 N–H and O–H groups in total. The molecule has 1 heterocycles. The van der Waals surface area contributed by atoms with E-state index in [2.05, 4.69) is 50.9 Å². The van der Waals surface area contributed by atoms with Crippen LogP contribution in [0.1, 0.15) is 17.0 Å². The topological polar surface area (TPSA) is 20.8 Å². The third-order valence-corrected chi connectivity index (χ3v) is 5.27. The highest BCUT2D eigenvalue weighted by atomic mass is 19.1. The van der Waals surface area contributed by atoms with E-state index in [1.54, 1.807) is 12.1 Å². The Kier molecular flexibility index (Phi) is 5.48. The Balaban J connectivity index is 1.94. The fourth-order valence-corrected chi connectivity index (χ4v) is 3.86. The van der Waals surface area contributed by atoms with Crippen LogP contribution in [0.5, 0.6) is 0 Å². The minimum absolute atomic E-state index is 0.255. The first-order valence-corrected chi connectivity index (χ1v) is 9.93. The first-order valence-electron chi connectivity index (χ1n) is 9.93. The van der Waals surface area contributed by atoms with Gasteiger partial charge in [0.2, 0.25) is 0 Å². The van der Waals surface area contributed by atoms with Crippen molar-refractivity contribution in [3.63, 3.8) is 0 Å². The molecule has 1 aromatic heterocycles. The monoisotopic (exact) mass is 398 g/mol. The minimum Gasteiger partial charge on any atom is -0.362 e. The van der Waals surface area contributed by atoms with E-state index in [-0.39, 0.29) is 5.82 Å². The second-order valence-corrected chi connectivity index (χ2v) is 7.39. The molecule has 1 atom stereocenters. The molecular formula is C26H25FN3+. The van der Waals surface area contributed by atoms with Crippen molar-refractivity contribution in [1.82, 2.24) is 4.57 Å². The van der Waals surface area contributed by atoms with E-state index in [4.69, 9.17) is 0 Å². The van der Waals surface area contributed by atoms with Crippen LogP contribution in [-0.4, -0.2) is 4.57 Å². The summed E-state index contributed by atoms with van der Waals surface area (Å²) in [7, 11) is 4.07. The number of halogens is 1. The Bertz CT molecular complexity index is 1110. The molecular weight excluding hydrogens is 373 g/mol. The molecule has 0 bridgehead atoms. The van der Waals surface area contributed by atoms with Crippen LogP contribution in [0.25, 0.3) is 6.08 Å². The Morgan fingerprint density at radius 2 is 1.53 bits per heavy atom. The third-order valence-electron chi connectivity index (χ3n) is 5.27. The number of nitrogens with zero attached hydrogens (tertiary/aromatic N) is 2. The molecule has 150 valence electrons. The van der Waals surface area contributed by atoms with Crippen LogP contribution in [0.4, 0.5) is 10.1 Å². The van der Waals surface area contributed by atoms with Gasteiger partial charge in [0.25, 0.3) is 5.82 Å². The molecule has 0 saturated carbocycles. The number of hydrogen-bond acceptors (Lipinski definition) is 1. The lowest BCUT2D eigenvalue weighted by atomic mass is 9.86. The summed E-state index contributed by atoms with van der Waals surface area (Å²) in [5.74, 6) is 0.792. The van der Waals surface area contributed by atoms with Gasteiger partial charge in [-0.25, -0.2) is 13.5 Å². The first-order chi connectivity index (χ1) is 14.6. The summed E-state index contributed by atoms with van der Waals surface area (Å²) in [6.07, 6.45) is 8.37. The number of hydrogen-bond donors (Lipinski definition) is 1. The number of aromatic nitrogens is 2. The van der Waals surface area contributed by atoms with E-state index in [0.717, 1.165) is 22.6 Å². The second kappa shape index (κ2) is 8.37. The lowest BCUT2D eigenvalue weighted by Gasteiger charge is -2.31. The van der Waals surface area contributed by atoms with Crippen molar-refractivity contribution in [2.75, 3.05) is 5.32 Å². The van der Waals surface area contributed by atoms with Crippen LogP contribution >= 0.6 is 0 Å². The quantitative estimate of drug-likeness (QED) is 0.451. The van der Waals surface area contributed by atoms with Crippen LogP contribution in [-0.2, 0) is 19.6 Å². The predicted molar refractivity (Wildman–Crippen MR) is 119 cm³/mol. The molecule has 1 unspecified atom stereocenters. The largest absolute Gasteiger partial charge is 0.362 e. The van der Waals surface area contributed by atoms with E-state index < -0.39 is 5.54 Å². The van der Waals surface area contributed by atoms with Gasteiger partial charge in [0.15, 0.2) is 5.54 Å². The Labute approximate surface area is 176 Å². The highest BCUT2D eigenvalue weighted by Crippen LogP contribution is 2.34. The smallest absolute Gasteiger partial charge is 0.291 e. The van der Waals surface area contributed by atoms with Crippen LogP contribution in [0, 0.1) is 5.82 Å². The van der Waals surface area contributed by atoms with E-state index in [1.165, 1.54) is 12.1 Å². The van der Waals surface area contributed by atoms with E-state index in [1.807, 2.05) is 62.9 Å². The summed E-state index contributed by atoms with van der Waals surface area (Å²) >= 11 is 0. The molecule has 3 aromatic carbocycles. The zero-order valence-electron chi connectivity index (χ0n) is 17.2. The van der Waals surface area contributed by atoms with Crippen LogP contribution in [0.15, 0.2) is 103 Å². The zero-order valence-corrected chi connectivity index (χ0v) is 17.2. The van der Waals surface area contributed by atoms with Gasteiger partial charge >= 0.3 is 0 Å². The lowest BCUT2D eigenvalue weighted by Crippen LogP contribution is -2.47. The van der Waals surface area contributed by atoms with Gasteiger partial charge < -0.3 is 5.32 Å². The summed E-state index contributed by atoms with van der Waals surface area (Å²) in [6.45, 7) is 0. The Morgan fingerprint density at radius 3 is 2.13 bits per heavy atom. The third kappa shape index (κ3) is 3.90. The van der Waals surface area contributed by atoms with Crippen LogP contribution in [0.3, 0.4) is 0 Å². The maximum atomic E-state index is 13.6. The summed E-state index contributed by atoms with van der Waals surface area (Å²) in [5, 5.41) is 3.70. The fraction of sp³-hybridized carbons (Fsp3) is 0.115. The number of benzene rings is 3. The van der Waals surface area contributed by atoms with Crippen LogP contribution in [0.2, 0.25) is 0 Å². The Hall–Kier alpha value is -3.66. The number of aryl methyl sites for hydroxylation is 2. The maximum Gasteiger partial charge on any atom is 0.291 e. The summed E-state index contributed by atoms with van der Waals surface area (Å²) in [4.78, 5) is 0. The van der Waals surface area contributed by atoms with Crippen molar-refractivity contribution in [3.8, 4) is 0 Å². The fourth-order valence-electron chi connectivity index (χ4n) is 3.86. The molecule has 4 aromatic rings. The average Bonchev–Trinajstić information content (AvgIpc) is 3.12. The van der Waals surface area contributed by atoms with Crippen molar-refractivity contribution in [3.05, 3.63) is 126 Å². The molecule has 0 radical (unpaired) electrons. The van der Waals surface area contributed by atoms with Gasteiger partial charge in [0, 0.05) is 5.69 Å². The molecule has 0 saturated heterocycles. The highest BCUT2D eigenvalue weighted by Gasteiger charge is 2.41. The summed E-state index contributed by atoms with van der Waals surface area (Å²) in [5.41, 5.74) is 2.34. The molecule has 3 nitrogen and oxygen atoms in total. The van der Waals surface area contributed by atoms with Gasteiger partial charge in [-0.05, 0) is 41.5 Å². The minimum atomic E-state index is -0.679. The molecule has 0 spiro atoms. The van der Waals surface area contributed by atoms with E-state index >= 15 is 0 Å². The molecule has 0 aliphatic rings. The number of imidazole rings is 1. The number of rotatable bonds is 6. The lowest BCUT2D eigenvalue weighted by molar-refractivity contribution is -0.681. The van der Waals surface area contributed by atoms with Gasteiger partial charge in [-0.15, -0.1) is 0 Å². The molecule has 0 amide bonds. The Morgan fingerprint density at radius 1 is 0.900 bits per heavy atom. The van der Waals surface area contributed by atoms with Gasteiger partial charge in [-0.2, -0.15) is 0 Å². The summed E-state index contributed by atoms with van der Waals surface area (Å²) < 4.78 is 17.8. The standard InChI is InChI=1S/C26H25FN3/c1-29-19-20-30(2)25(29)26(22-11-7-4-8-12-22,18-17-21-9-5-3-6-10-21)28-24-15-13-23(27)14-16-24/h3-20,28H,1-2H3/q+1. The van der Waals surface area contributed by atoms with E-state index in [9.17, 15) is 4.39 Å². The van der Waals surface area contributed by atoms with Crippen LogP contribution < -0.4 is 9.88 Å². The first kappa shape index (κ1) is 19.6. The maximum absolute atomic E-state index is 13.6. The number of nitrogens with one attached hydrogen (secondary N) is 1. The SMILES string of the molecule is Cn1cc[n+](C)c1C(C=Cc1ccccc1)(Nc1ccc(F)cc1)c1ccccc1. The molecule has 30 heavy (non-hydrogen) atoms. The van der Waals surface area contributed by atoms with Crippen molar-refractivity contribution < 1.29 is 8.96 Å². The van der Waals surface area contributed by atoms with Gasteiger partial charge in [-0.1, -0.05) is 66.7 Å². The molecule has 0 fully saturated rings. The second-order valence-electron chi connectivity index (χ2n) is 7.39. The van der Waals surface area contributed by atoms with Crippen molar-refractivity contribution >= 4 is 11.8 Å². The molecule has 0 aliphatic carbocycles. The molecule has 4 heteroatoms. The van der Waals surface area contributed by atoms with Crippen molar-refractivity contribution in [2.24, 2.45) is 14.1 Å². The highest BCUT2D eigenvalue weighted by molar-refractivity contribution is 5.59. The van der Waals surface area contributed by atoms with Crippen molar-refractivity contribution in [2.45, 2.75) is 5.54 Å². The number of anilines is 1. The summed E-state index contributed by atoms with van der Waals surface area (Å²) in [6, 6.07) is 27.0. The average molecular weight is 399 g/mol. The molecule has 4 rings (SSSR count). The van der Waals surface area contributed by atoms with Gasteiger partial charge in [0.05, 0.1) is 14.1 Å². The van der Waals surface area contributed by atoms with Crippen molar-refractivity contribution in [1.29, 1.82) is 0 Å². The zero-order chi connectivity index (χ0) is 21.0. The van der Waals surface area contributed by atoms with E-state index in [0.29, 0.717) is 0 Å². The predicted octanol–water partition coefficient (Wildman–Crippen LogP) is 5.06. The van der Waals surface area contributed by atoms with Gasteiger partial charge in [-0.3, -0.25) is 0 Å².